The average molecular weight is 232 g/mol. The third-order valence-corrected chi connectivity index (χ3v) is 3.05. The number of rotatable bonds is 1. The van der Waals surface area contributed by atoms with Crippen LogP contribution in [0.25, 0.3) is 10.1 Å². The van der Waals surface area contributed by atoms with E-state index < -0.39 is 16.4 Å². The Morgan fingerprint density at radius 3 is 2.86 bits per heavy atom. The maximum atomic E-state index is 13.1. The van der Waals surface area contributed by atoms with Crippen molar-refractivity contribution in [2.24, 2.45) is 0 Å². The average Bonchev–Trinajstić information content (AvgIpc) is 2.43. The third-order valence-electron chi connectivity index (χ3n) is 1.76. The van der Waals surface area contributed by atoms with Crippen LogP contribution in [0.3, 0.4) is 0 Å². The summed E-state index contributed by atoms with van der Waals surface area (Å²) >= 11 is 6.69. The van der Waals surface area contributed by atoms with E-state index >= 15 is 0 Å². The lowest BCUT2D eigenvalue weighted by molar-refractivity contribution is -0.385. The number of halogens is 2. The molecule has 6 heteroatoms. The highest BCUT2D eigenvalue weighted by Gasteiger charge is 2.20. The van der Waals surface area contributed by atoms with E-state index in [2.05, 4.69) is 0 Å². The number of hydrogen-bond acceptors (Lipinski definition) is 3. The van der Waals surface area contributed by atoms with Crippen LogP contribution in [0.5, 0.6) is 0 Å². The molecular weight excluding hydrogens is 229 g/mol. The van der Waals surface area contributed by atoms with Crippen molar-refractivity contribution in [2.45, 2.75) is 0 Å². The number of thiophene rings is 1. The number of nitro benzene ring substituents is 1. The van der Waals surface area contributed by atoms with Crippen LogP contribution in [0, 0.1) is 15.9 Å². The van der Waals surface area contributed by atoms with Crippen molar-refractivity contribution >= 4 is 38.7 Å². The first-order valence-electron chi connectivity index (χ1n) is 3.61. The molecular formula is C8H3ClFNO2S. The smallest absolute Gasteiger partial charge is 0.258 e. The van der Waals surface area contributed by atoms with Crippen molar-refractivity contribution in [1.29, 1.82) is 0 Å². The summed E-state index contributed by atoms with van der Waals surface area (Å²) in [5.74, 6) is -0.832. The minimum Gasteiger partial charge on any atom is -0.258 e. The largest absolute Gasteiger partial charge is 0.322 e. The van der Waals surface area contributed by atoms with Crippen LogP contribution in [0.1, 0.15) is 0 Å². The molecule has 14 heavy (non-hydrogen) atoms. The molecule has 3 nitrogen and oxygen atoms in total. The summed E-state index contributed by atoms with van der Waals surface area (Å²) in [4.78, 5) is 9.84. The van der Waals surface area contributed by atoms with E-state index in [1.165, 1.54) is 6.07 Å². The van der Waals surface area contributed by atoms with Crippen molar-refractivity contribution < 1.29 is 9.31 Å². The van der Waals surface area contributed by atoms with Gasteiger partial charge in [-0.1, -0.05) is 17.7 Å². The number of nitrogens with zero attached hydrogens (tertiary/aromatic N) is 1. The highest BCUT2D eigenvalue weighted by molar-refractivity contribution is 7.23. The fraction of sp³-hybridized carbons (Fsp3) is 0. The monoisotopic (exact) mass is 231 g/mol. The van der Waals surface area contributed by atoms with Gasteiger partial charge >= 0.3 is 5.69 Å². The van der Waals surface area contributed by atoms with Gasteiger partial charge in [-0.25, -0.2) is 0 Å². The van der Waals surface area contributed by atoms with E-state index in [1.807, 2.05) is 0 Å². The Labute approximate surface area is 86.9 Å². The van der Waals surface area contributed by atoms with Gasteiger partial charge in [-0.15, -0.1) is 11.3 Å². The van der Waals surface area contributed by atoms with Gasteiger partial charge in [0.2, 0.25) is 5.82 Å². The van der Waals surface area contributed by atoms with Crippen molar-refractivity contribution in [3.8, 4) is 0 Å². The van der Waals surface area contributed by atoms with E-state index in [1.54, 1.807) is 6.07 Å². The topological polar surface area (TPSA) is 43.1 Å². The zero-order chi connectivity index (χ0) is 10.3. The Morgan fingerprint density at radius 2 is 2.21 bits per heavy atom. The van der Waals surface area contributed by atoms with E-state index in [4.69, 9.17) is 11.6 Å². The van der Waals surface area contributed by atoms with Crippen LogP contribution in [0.4, 0.5) is 10.1 Å². The van der Waals surface area contributed by atoms with Crippen molar-refractivity contribution in [2.75, 3.05) is 0 Å². The number of fused-ring (bicyclic) bond motifs is 1. The lowest BCUT2D eigenvalue weighted by Gasteiger charge is -1.94. The SMILES string of the molecule is O=[N+]([O-])c1c(F)ccc2cc(Cl)sc12. The maximum Gasteiger partial charge on any atom is 0.322 e. The molecule has 2 aromatic rings. The molecule has 0 spiro atoms. The lowest BCUT2D eigenvalue weighted by Crippen LogP contribution is -1.91. The lowest BCUT2D eigenvalue weighted by atomic mass is 10.2. The van der Waals surface area contributed by atoms with Crippen molar-refractivity contribution in [1.82, 2.24) is 0 Å². The van der Waals surface area contributed by atoms with E-state index in [9.17, 15) is 14.5 Å². The molecule has 2 rings (SSSR count). The zero-order valence-corrected chi connectivity index (χ0v) is 8.23. The zero-order valence-electron chi connectivity index (χ0n) is 6.66. The maximum absolute atomic E-state index is 13.1. The van der Waals surface area contributed by atoms with Gasteiger partial charge in [0, 0.05) is 5.39 Å². The van der Waals surface area contributed by atoms with Crippen LogP contribution >= 0.6 is 22.9 Å². The Kier molecular flexibility index (Phi) is 2.13. The molecule has 0 aliphatic carbocycles. The number of hydrogen-bond donors (Lipinski definition) is 0. The summed E-state index contributed by atoms with van der Waals surface area (Å²) in [7, 11) is 0. The van der Waals surface area contributed by atoms with Gasteiger partial charge in [0.25, 0.3) is 0 Å². The highest BCUT2D eigenvalue weighted by Crippen LogP contribution is 2.37. The predicted octanol–water partition coefficient (Wildman–Crippen LogP) is 3.60. The first-order chi connectivity index (χ1) is 6.59. The minimum atomic E-state index is -0.832. The number of nitro groups is 1. The van der Waals surface area contributed by atoms with Gasteiger partial charge in [0.1, 0.15) is 4.70 Å². The van der Waals surface area contributed by atoms with Gasteiger partial charge in [-0.3, -0.25) is 10.1 Å². The molecule has 1 aromatic heterocycles. The molecule has 0 saturated carbocycles. The van der Waals surface area contributed by atoms with Gasteiger partial charge in [-0.2, -0.15) is 4.39 Å². The summed E-state index contributed by atoms with van der Waals surface area (Å²) in [5.41, 5.74) is -0.501. The van der Waals surface area contributed by atoms with Crippen LogP contribution in [-0.4, -0.2) is 4.92 Å². The summed E-state index contributed by atoms with van der Waals surface area (Å²) < 4.78 is 13.8. The molecule has 0 atom stereocenters. The van der Waals surface area contributed by atoms with Crippen LogP contribution < -0.4 is 0 Å². The Balaban J connectivity index is 2.88. The van der Waals surface area contributed by atoms with Crippen LogP contribution in [0.15, 0.2) is 18.2 Å². The predicted molar refractivity (Wildman–Crippen MR) is 53.4 cm³/mol. The molecule has 0 fully saturated rings. The summed E-state index contributed by atoms with van der Waals surface area (Å²) in [6.07, 6.45) is 0. The molecule has 0 aliphatic heterocycles. The first kappa shape index (κ1) is 9.36. The van der Waals surface area contributed by atoms with E-state index in [-0.39, 0.29) is 4.70 Å². The highest BCUT2D eigenvalue weighted by atomic mass is 35.5. The second-order valence-corrected chi connectivity index (χ2v) is 4.31. The fourth-order valence-corrected chi connectivity index (χ4v) is 2.45. The summed E-state index contributed by atoms with van der Waals surface area (Å²) in [6, 6.07) is 4.12. The molecule has 0 amide bonds. The molecule has 0 N–H and O–H groups in total. The van der Waals surface area contributed by atoms with Crippen LogP contribution in [0.2, 0.25) is 4.34 Å². The Hall–Kier alpha value is -1.20. The quantitative estimate of drug-likeness (QED) is 0.556. The second-order valence-electron chi connectivity index (χ2n) is 2.62. The molecule has 72 valence electrons. The molecule has 1 aromatic carbocycles. The fourth-order valence-electron chi connectivity index (χ4n) is 1.20. The molecule has 0 unspecified atom stereocenters. The second kappa shape index (κ2) is 3.18. The van der Waals surface area contributed by atoms with E-state index in [0.717, 1.165) is 17.4 Å². The molecule has 0 bridgehead atoms. The van der Waals surface area contributed by atoms with Crippen molar-refractivity contribution in [3.63, 3.8) is 0 Å². The van der Waals surface area contributed by atoms with Gasteiger partial charge in [0.05, 0.1) is 9.26 Å². The Bertz CT molecular complexity index is 525. The van der Waals surface area contributed by atoms with Gasteiger partial charge in [0.15, 0.2) is 0 Å². The normalized spacial score (nSPS) is 10.7. The van der Waals surface area contributed by atoms with Gasteiger partial charge < -0.3 is 0 Å². The minimum absolute atomic E-state index is 0.278. The third kappa shape index (κ3) is 1.34. The molecule has 0 aliphatic rings. The molecule has 0 saturated heterocycles. The first-order valence-corrected chi connectivity index (χ1v) is 4.81. The number of benzene rings is 1. The van der Waals surface area contributed by atoms with Crippen LogP contribution in [-0.2, 0) is 0 Å². The standard InChI is InChI=1S/C8H3ClFNO2S/c9-6-3-4-1-2-5(10)7(11(12)13)8(4)14-6/h1-3H. The molecule has 0 radical (unpaired) electrons. The Morgan fingerprint density at radius 1 is 1.50 bits per heavy atom. The van der Waals surface area contributed by atoms with E-state index in [0.29, 0.717) is 9.72 Å². The van der Waals surface area contributed by atoms with Crippen molar-refractivity contribution in [3.05, 3.63) is 38.5 Å². The summed E-state index contributed by atoms with van der Waals surface area (Å²) in [5, 5.41) is 11.2. The molecule has 1 heterocycles. The summed E-state index contributed by atoms with van der Waals surface area (Å²) in [6.45, 7) is 0. The van der Waals surface area contributed by atoms with Gasteiger partial charge in [-0.05, 0) is 12.1 Å².